The van der Waals surface area contributed by atoms with E-state index in [9.17, 15) is 19.2 Å². The van der Waals surface area contributed by atoms with Crippen molar-refractivity contribution in [3.05, 3.63) is 108 Å². The highest BCUT2D eigenvalue weighted by atomic mass is 16.5. The Labute approximate surface area is 216 Å². The SMILES string of the molecule is CC(NC(=O)[C@H](Cc1ccccc1)NC(=O)OCc1ccccc1)C(=O)C(=O)N(C)Cc1ccccc1. The highest BCUT2D eigenvalue weighted by Gasteiger charge is 2.29. The van der Waals surface area contributed by atoms with E-state index in [0.29, 0.717) is 0 Å². The van der Waals surface area contributed by atoms with E-state index in [0.717, 1.165) is 16.7 Å². The number of carbonyl (C=O) groups is 4. The van der Waals surface area contributed by atoms with Crippen LogP contribution in [-0.4, -0.2) is 47.7 Å². The first-order chi connectivity index (χ1) is 17.8. The number of nitrogens with zero attached hydrogens (tertiary/aromatic N) is 1. The van der Waals surface area contributed by atoms with Gasteiger partial charge in [0.25, 0.3) is 5.91 Å². The van der Waals surface area contributed by atoms with Crippen molar-refractivity contribution < 1.29 is 23.9 Å². The quantitative estimate of drug-likeness (QED) is 0.393. The van der Waals surface area contributed by atoms with Gasteiger partial charge in [0, 0.05) is 20.0 Å². The number of ether oxygens (including phenoxy) is 1. The Morgan fingerprint density at radius 2 is 1.27 bits per heavy atom. The van der Waals surface area contributed by atoms with Crippen LogP contribution < -0.4 is 10.6 Å². The van der Waals surface area contributed by atoms with Gasteiger partial charge in [0.05, 0.1) is 6.04 Å². The van der Waals surface area contributed by atoms with Crippen LogP contribution in [0.4, 0.5) is 4.79 Å². The minimum absolute atomic E-state index is 0.0451. The molecule has 0 radical (unpaired) electrons. The normalized spacial score (nSPS) is 12.1. The Hall–Kier alpha value is -4.46. The summed E-state index contributed by atoms with van der Waals surface area (Å²) in [6.45, 7) is 1.75. The molecule has 0 heterocycles. The molecular formula is C29H31N3O5. The lowest BCUT2D eigenvalue weighted by atomic mass is 10.0. The number of amides is 3. The molecule has 0 saturated heterocycles. The van der Waals surface area contributed by atoms with E-state index in [1.165, 1.54) is 18.9 Å². The van der Waals surface area contributed by atoms with Crippen LogP contribution in [-0.2, 0) is 38.7 Å². The maximum absolute atomic E-state index is 13.1. The lowest BCUT2D eigenvalue weighted by molar-refractivity contribution is -0.145. The van der Waals surface area contributed by atoms with Crippen molar-refractivity contribution in [1.82, 2.24) is 15.5 Å². The molecule has 0 saturated carbocycles. The summed E-state index contributed by atoms with van der Waals surface area (Å²) < 4.78 is 5.27. The topological polar surface area (TPSA) is 105 Å². The summed E-state index contributed by atoms with van der Waals surface area (Å²) in [5, 5.41) is 5.16. The number of alkyl carbamates (subject to hydrolysis) is 1. The van der Waals surface area contributed by atoms with Gasteiger partial charge < -0.3 is 20.3 Å². The third kappa shape index (κ3) is 8.61. The van der Waals surface area contributed by atoms with Crippen LogP contribution in [0, 0.1) is 0 Å². The number of hydrogen-bond donors (Lipinski definition) is 2. The fourth-order valence-electron chi connectivity index (χ4n) is 3.65. The maximum Gasteiger partial charge on any atom is 0.408 e. The second-order valence-corrected chi connectivity index (χ2v) is 8.69. The predicted octanol–water partition coefficient (Wildman–Crippen LogP) is 3.26. The van der Waals surface area contributed by atoms with Gasteiger partial charge in [-0.15, -0.1) is 0 Å². The summed E-state index contributed by atoms with van der Waals surface area (Å²) in [5.74, 6) is -2.07. The third-order valence-electron chi connectivity index (χ3n) is 5.68. The number of benzene rings is 3. The number of ketones is 1. The zero-order valence-electron chi connectivity index (χ0n) is 20.9. The molecule has 3 rings (SSSR count). The molecule has 3 aromatic rings. The molecule has 0 aromatic heterocycles. The van der Waals surface area contributed by atoms with Gasteiger partial charge in [-0.1, -0.05) is 91.0 Å². The third-order valence-corrected chi connectivity index (χ3v) is 5.68. The molecule has 0 aliphatic rings. The Morgan fingerprint density at radius 1 is 0.757 bits per heavy atom. The van der Waals surface area contributed by atoms with Gasteiger partial charge in [-0.05, 0) is 23.6 Å². The zero-order chi connectivity index (χ0) is 26.6. The van der Waals surface area contributed by atoms with Crippen molar-refractivity contribution in [1.29, 1.82) is 0 Å². The molecule has 37 heavy (non-hydrogen) atoms. The summed E-state index contributed by atoms with van der Waals surface area (Å²) in [7, 11) is 1.53. The smallest absolute Gasteiger partial charge is 0.408 e. The molecule has 8 nitrogen and oxygen atoms in total. The van der Waals surface area contributed by atoms with E-state index >= 15 is 0 Å². The van der Waals surface area contributed by atoms with Gasteiger partial charge in [-0.3, -0.25) is 14.4 Å². The highest BCUT2D eigenvalue weighted by molar-refractivity contribution is 6.38. The number of nitrogens with one attached hydrogen (secondary N) is 2. The van der Waals surface area contributed by atoms with Crippen molar-refractivity contribution in [3.63, 3.8) is 0 Å². The molecule has 1 unspecified atom stereocenters. The van der Waals surface area contributed by atoms with E-state index in [1.807, 2.05) is 91.0 Å². The fraction of sp³-hybridized carbons (Fsp3) is 0.241. The lowest BCUT2D eigenvalue weighted by Crippen LogP contribution is -2.53. The van der Waals surface area contributed by atoms with E-state index in [-0.39, 0.29) is 19.6 Å². The summed E-state index contributed by atoms with van der Waals surface area (Å²) in [6, 6.07) is 25.5. The van der Waals surface area contributed by atoms with Gasteiger partial charge in [0.15, 0.2) is 0 Å². The van der Waals surface area contributed by atoms with Crippen molar-refractivity contribution in [3.8, 4) is 0 Å². The molecule has 3 aromatic carbocycles. The monoisotopic (exact) mass is 501 g/mol. The first kappa shape index (κ1) is 27.1. The molecule has 192 valence electrons. The molecule has 2 atom stereocenters. The molecule has 0 bridgehead atoms. The maximum atomic E-state index is 13.1. The summed E-state index contributed by atoms with van der Waals surface area (Å²) in [6.07, 6.45) is -0.590. The predicted molar refractivity (Wildman–Crippen MR) is 139 cm³/mol. The number of likely N-dealkylation sites (N-methyl/N-ethyl adjacent to an activating group) is 1. The van der Waals surface area contributed by atoms with Gasteiger partial charge in [-0.25, -0.2) is 4.79 Å². The number of carbonyl (C=O) groups excluding carboxylic acids is 4. The van der Waals surface area contributed by atoms with Crippen molar-refractivity contribution in [2.45, 2.75) is 38.6 Å². The Bertz CT molecular complexity index is 1190. The van der Waals surface area contributed by atoms with Crippen LogP contribution >= 0.6 is 0 Å². The van der Waals surface area contributed by atoms with E-state index in [2.05, 4.69) is 10.6 Å². The largest absolute Gasteiger partial charge is 0.445 e. The van der Waals surface area contributed by atoms with Crippen LogP contribution in [0.5, 0.6) is 0 Å². The number of Topliss-reactive ketones (excluding diaryl/α,β-unsaturated/α-hetero) is 1. The zero-order valence-corrected chi connectivity index (χ0v) is 20.9. The van der Waals surface area contributed by atoms with Gasteiger partial charge in [0.2, 0.25) is 11.7 Å². The molecule has 0 aliphatic heterocycles. The standard InChI is InChI=1S/C29H31N3O5/c1-21(26(33)28(35)32(2)19-23-14-8-4-9-15-23)30-27(34)25(18-22-12-6-3-7-13-22)31-29(36)37-20-24-16-10-5-11-17-24/h3-17,21,25H,18-20H2,1-2H3,(H,30,34)(H,31,36)/t21?,25-/m0/s1. The Morgan fingerprint density at radius 3 is 1.84 bits per heavy atom. The number of rotatable bonds is 11. The average molecular weight is 502 g/mol. The van der Waals surface area contributed by atoms with Crippen molar-refractivity contribution in [2.24, 2.45) is 0 Å². The highest BCUT2D eigenvalue weighted by Crippen LogP contribution is 2.07. The van der Waals surface area contributed by atoms with Crippen LogP contribution in [0.2, 0.25) is 0 Å². The first-order valence-electron chi connectivity index (χ1n) is 12.0. The molecule has 0 aliphatic carbocycles. The summed E-state index contributed by atoms with van der Waals surface area (Å²) in [5.41, 5.74) is 2.49. The van der Waals surface area contributed by atoms with Crippen molar-refractivity contribution in [2.75, 3.05) is 7.05 Å². The second kappa shape index (κ2) is 13.6. The minimum atomic E-state index is -1.08. The van der Waals surface area contributed by atoms with Gasteiger partial charge >= 0.3 is 6.09 Å². The van der Waals surface area contributed by atoms with Crippen LogP contribution in [0.3, 0.4) is 0 Å². The second-order valence-electron chi connectivity index (χ2n) is 8.69. The molecule has 0 spiro atoms. The molecule has 2 N–H and O–H groups in total. The minimum Gasteiger partial charge on any atom is -0.445 e. The average Bonchev–Trinajstić information content (AvgIpc) is 2.92. The number of hydrogen-bond acceptors (Lipinski definition) is 5. The van der Waals surface area contributed by atoms with E-state index in [1.54, 1.807) is 0 Å². The van der Waals surface area contributed by atoms with E-state index in [4.69, 9.17) is 4.74 Å². The van der Waals surface area contributed by atoms with E-state index < -0.39 is 35.8 Å². The fourth-order valence-corrected chi connectivity index (χ4v) is 3.65. The molecule has 3 amide bonds. The van der Waals surface area contributed by atoms with Crippen LogP contribution in [0.25, 0.3) is 0 Å². The van der Waals surface area contributed by atoms with Crippen LogP contribution in [0.1, 0.15) is 23.6 Å². The van der Waals surface area contributed by atoms with Crippen molar-refractivity contribution >= 4 is 23.7 Å². The molecular weight excluding hydrogens is 470 g/mol. The molecule has 8 heteroatoms. The Balaban J connectivity index is 1.61. The Kier molecular flexibility index (Phi) is 9.96. The molecule has 0 fully saturated rings. The first-order valence-corrected chi connectivity index (χ1v) is 12.0. The lowest BCUT2D eigenvalue weighted by Gasteiger charge is -2.22. The summed E-state index contributed by atoms with van der Waals surface area (Å²) in [4.78, 5) is 52.3. The summed E-state index contributed by atoms with van der Waals surface area (Å²) >= 11 is 0. The van der Waals surface area contributed by atoms with Gasteiger partial charge in [0.1, 0.15) is 12.6 Å². The van der Waals surface area contributed by atoms with Gasteiger partial charge in [-0.2, -0.15) is 0 Å². The van der Waals surface area contributed by atoms with Crippen LogP contribution in [0.15, 0.2) is 91.0 Å².